The standard InChI is InChI=1S/C15H7Cl3N2O/c16-9-2-4-14-10(6-9)11(7-19)15(20(14)21)8-1-3-12(17)13(18)5-8/h1-6,21H. The van der Waals surface area contributed by atoms with E-state index < -0.39 is 0 Å². The first-order valence-electron chi connectivity index (χ1n) is 5.91. The number of hydrogen-bond acceptors (Lipinski definition) is 2. The minimum Gasteiger partial charge on any atom is -0.428 e. The number of aromatic nitrogens is 1. The summed E-state index contributed by atoms with van der Waals surface area (Å²) >= 11 is 17.9. The van der Waals surface area contributed by atoms with E-state index in [9.17, 15) is 10.5 Å². The smallest absolute Gasteiger partial charge is 0.106 e. The lowest BCUT2D eigenvalue weighted by Gasteiger charge is -2.05. The molecule has 0 spiro atoms. The van der Waals surface area contributed by atoms with Crippen molar-refractivity contribution in [2.24, 2.45) is 0 Å². The van der Waals surface area contributed by atoms with Crippen LogP contribution in [0.3, 0.4) is 0 Å². The van der Waals surface area contributed by atoms with Gasteiger partial charge in [0.15, 0.2) is 0 Å². The molecule has 0 saturated heterocycles. The molecule has 0 fully saturated rings. The number of nitriles is 1. The number of fused-ring (bicyclic) bond motifs is 1. The maximum absolute atomic E-state index is 10.4. The maximum Gasteiger partial charge on any atom is 0.106 e. The van der Waals surface area contributed by atoms with Gasteiger partial charge in [-0.3, -0.25) is 0 Å². The van der Waals surface area contributed by atoms with Crippen LogP contribution in [0.5, 0.6) is 0 Å². The van der Waals surface area contributed by atoms with Crippen LogP contribution in [0, 0.1) is 11.3 Å². The lowest BCUT2D eigenvalue weighted by Crippen LogP contribution is -1.94. The first-order valence-corrected chi connectivity index (χ1v) is 7.05. The first-order chi connectivity index (χ1) is 10.0. The Balaban J connectivity index is 2.39. The summed E-state index contributed by atoms with van der Waals surface area (Å²) in [6.45, 7) is 0. The van der Waals surface area contributed by atoms with Crippen LogP contribution in [0.2, 0.25) is 15.1 Å². The van der Waals surface area contributed by atoms with Gasteiger partial charge in [-0.15, -0.1) is 0 Å². The predicted molar refractivity (Wildman–Crippen MR) is 84.3 cm³/mol. The topological polar surface area (TPSA) is 49.0 Å². The van der Waals surface area contributed by atoms with E-state index in [0.717, 1.165) is 4.73 Å². The van der Waals surface area contributed by atoms with Gasteiger partial charge in [0.05, 0.1) is 21.1 Å². The summed E-state index contributed by atoms with van der Waals surface area (Å²) in [5, 5.41) is 21.6. The molecule has 0 radical (unpaired) electrons. The first kappa shape index (κ1) is 14.1. The second-order valence-corrected chi connectivity index (χ2v) is 5.69. The largest absolute Gasteiger partial charge is 0.428 e. The Hall–Kier alpha value is -1.86. The molecule has 3 rings (SSSR count). The molecule has 1 heterocycles. The third kappa shape index (κ3) is 2.22. The highest BCUT2D eigenvalue weighted by Gasteiger charge is 2.19. The average Bonchev–Trinajstić information content (AvgIpc) is 2.74. The quantitative estimate of drug-likeness (QED) is 0.606. The van der Waals surface area contributed by atoms with Crippen molar-refractivity contribution in [2.75, 3.05) is 0 Å². The molecule has 1 N–H and O–H groups in total. The lowest BCUT2D eigenvalue weighted by atomic mass is 10.1. The molecular formula is C15H7Cl3N2O. The second kappa shape index (κ2) is 5.16. The van der Waals surface area contributed by atoms with Crippen LogP contribution in [-0.4, -0.2) is 9.94 Å². The molecule has 6 heteroatoms. The van der Waals surface area contributed by atoms with E-state index >= 15 is 0 Å². The molecule has 0 aliphatic carbocycles. The van der Waals surface area contributed by atoms with Crippen molar-refractivity contribution in [1.29, 1.82) is 5.26 Å². The Morgan fingerprint density at radius 1 is 1.00 bits per heavy atom. The molecule has 21 heavy (non-hydrogen) atoms. The zero-order valence-corrected chi connectivity index (χ0v) is 12.7. The Bertz CT molecular complexity index is 909. The summed E-state index contributed by atoms with van der Waals surface area (Å²) in [5.74, 6) is 0. The van der Waals surface area contributed by atoms with Gasteiger partial charge in [-0.2, -0.15) is 9.99 Å². The van der Waals surface area contributed by atoms with E-state index in [-0.39, 0.29) is 0 Å². The lowest BCUT2D eigenvalue weighted by molar-refractivity contribution is 0.204. The van der Waals surface area contributed by atoms with E-state index in [1.165, 1.54) is 0 Å². The third-order valence-electron chi connectivity index (χ3n) is 3.21. The highest BCUT2D eigenvalue weighted by atomic mass is 35.5. The van der Waals surface area contributed by atoms with Crippen molar-refractivity contribution in [3.05, 3.63) is 57.0 Å². The highest BCUT2D eigenvalue weighted by molar-refractivity contribution is 6.42. The van der Waals surface area contributed by atoms with Crippen molar-refractivity contribution < 1.29 is 5.21 Å². The van der Waals surface area contributed by atoms with E-state index in [4.69, 9.17) is 34.8 Å². The van der Waals surface area contributed by atoms with Gasteiger partial charge in [0.1, 0.15) is 11.8 Å². The molecule has 0 aliphatic heterocycles. The monoisotopic (exact) mass is 336 g/mol. The number of rotatable bonds is 1. The van der Waals surface area contributed by atoms with Crippen LogP contribution in [0.4, 0.5) is 0 Å². The van der Waals surface area contributed by atoms with Crippen LogP contribution in [0.25, 0.3) is 22.2 Å². The second-order valence-electron chi connectivity index (χ2n) is 4.44. The number of nitrogens with zero attached hydrogens (tertiary/aromatic N) is 2. The summed E-state index contributed by atoms with van der Waals surface area (Å²) in [4.78, 5) is 0. The molecule has 1 aromatic heterocycles. The van der Waals surface area contributed by atoms with Gasteiger partial charge in [0.25, 0.3) is 0 Å². The van der Waals surface area contributed by atoms with Gasteiger partial charge >= 0.3 is 0 Å². The minimum atomic E-state index is 0.327. The van der Waals surface area contributed by atoms with Gasteiger partial charge in [-0.1, -0.05) is 40.9 Å². The molecule has 0 saturated carbocycles. The fourth-order valence-corrected chi connectivity index (χ4v) is 2.74. The van der Waals surface area contributed by atoms with Crippen molar-refractivity contribution in [1.82, 2.24) is 4.73 Å². The van der Waals surface area contributed by atoms with Crippen molar-refractivity contribution in [2.45, 2.75) is 0 Å². The zero-order chi connectivity index (χ0) is 15.1. The summed E-state index contributed by atoms with van der Waals surface area (Å²) in [7, 11) is 0. The number of halogens is 3. The fraction of sp³-hybridized carbons (Fsp3) is 0. The van der Waals surface area contributed by atoms with Crippen LogP contribution in [0.1, 0.15) is 5.56 Å². The molecule has 0 atom stereocenters. The van der Waals surface area contributed by atoms with Gasteiger partial charge in [0, 0.05) is 16.0 Å². The van der Waals surface area contributed by atoms with Crippen molar-refractivity contribution in [3.63, 3.8) is 0 Å². The SMILES string of the molecule is N#Cc1c(-c2ccc(Cl)c(Cl)c2)n(O)c2ccc(Cl)cc12. The molecule has 2 aromatic carbocycles. The van der Waals surface area contributed by atoms with Crippen LogP contribution < -0.4 is 0 Å². The maximum atomic E-state index is 10.4. The van der Waals surface area contributed by atoms with Gasteiger partial charge < -0.3 is 5.21 Å². The molecule has 3 nitrogen and oxygen atoms in total. The molecule has 0 aliphatic rings. The highest BCUT2D eigenvalue weighted by Crippen LogP contribution is 2.36. The van der Waals surface area contributed by atoms with E-state index in [1.54, 1.807) is 36.4 Å². The van der Waals surface area contributed by atoms with Crippen LogP contribution in [0.15, 0.2) is 36.4 Å². The third-order valence-corrected chi connectivity index (χ3v) is 4.18. The summed E-state index contributed by atoms with van der Waals surface area (Å²) in [5.41, 5.74) is 1.77. The molecule has 0 unspecified atom stereocenters. The molecule has 0 amide bonds. The van der Waals surface area contributed by atoms with Gasteiger partial charge in [-0.05, 0) is 30.3 Å². The number of hydrogen-bond donors (Lipinski definition) is 1. The Kier molecular flexibility index (Phi) is 3.46. The average molecular weight is 338 g/mol. The van der Waals surface area contributed by atoms with Crippen LogP contribution >= 0.6 is 34.8 Å². The Labute approximate surface area is 135 Å². The minimum absolute atomic E-state index is 0.327. The van der Waals surface area contributed by atoms with Crippen molar-refractivity contribution in [3.8, 4) is 17.3 Å². The van der Waals surface area contributed by atoms with Crippen LogP contribution in [-0.2, 0) is 0 Å². The Morgan fingerprint density at radius 3 is 2.43 bits per heavy atom. The van der Waals surface area contributed by atoms with E-state index in [0.29, 0.717) is 42.8 Å². The molecular weight excluding hydrogens is 331 g/mol. The fourth-order valence-electron chi connectivity index (χ4n) is 2.27. The normalized spacial score (nSPS) is 10.8. The summed E-state index contributed by atoms with van der Waals surface area (Å²) in [6, 6.07) is 12.0. The molecule has 0 bridgehead atoms. The predicted octanol–water partition coefficient (Wildman–Crippen LogP) is 5.38. The van der Waals surface area contributed by atoms with E-state index in [1.807, 2.05) is 0 Å². The number of benzene rings is 2. The van der Waals surface area contributed by atoms with E-state index in [2.05, 4.69) is 6.07 Å². The van der Waals surface area contributed by atoms with Gasteiger partial charge in [-0.25, -0.2) is 0 Å². The Morgan fingerprint density at radius 2 is 1.76 bits per heavy atom. The molecule has 104 valence electrons. The summed E-state index contributed by atoms with van der Waals surface area (Å²) in [6.07, 6.45) is 0. The zero-order valence-electron chi connectivity index (χ0n) is 10.4. The van der Waals surface area contributed by atoms with Gasteiger partial charge in [0.2, 0.25) is 0 Å². The van der Waals surface area contributed by atoms with Crippen molar-refractivity contribution >= 4 is 45.7 Å². The summed E-state index contributed by atoms with van der Waals surface area (Å²) < 4.78 is 0.962. The molecule has 3 aromatic rings.